The Morgan fingerprint density at radius 2 is 1.36 bits per heavy atom. The van der Waals surface area contributed by atoms with Crippen LogP contribution in [0.2, 0.25) is 0 Å². The van der Waals surface area contributed by atoms with Gasteiger partial charge in [-0.05, 0) is 84.8 Å². The molecule has 0 heterocycles. The molecule has 0 aliphatic rings. The molecule has 0 unspecified atom stereocenters. The largest absolute Gasteiger partial charge is 0.207 e. The highest BCUT2D eigenvalue weighted by molar-refractivity contribution is 5.72. The Bertz CT molecular complexity index is 619. The highest BCUT2D eigenvalue weighted by Gasteiger charge is 2.12. The van der Waals surface area contributed by atoms with Gasteiger partial charge in [0, 0.05) is 0 Å². The van der Waals surface area contributed by atoms with E-state index >= 15 is 0 Å². The molecule has 0 nitrogen and oxygen atoms in total. The molecule has 2 aromatic carbocycles. The number of benzene rings is 2. The van der Waals surface area contributed by atoms with Crippen LogP contribution < -0.4 is 0 Å². The predicted molar refractivity (Wildman–Crippen MR) is 91.3 cm³/mol. The molecule has 0 aliphatic carbocycles. The summed E-state index contributed by atoms with van der Waals surface area (Å²) in [5.41, 5.74) is 5.14. The van der Waals surface area contributed by atoms with Gasteiger partial charge in [-0.15, -0.1) is 0 Å². The lowest BCUT2D eigenvalue weighted by Crippen LogP contribution is -1.97. The lowest BCUT2D eigenvalue weighted by Gasteiger charge is -2.14. The Morgan fingerprint density at radius 1 is 0.818 bits per heavy atom. The first kappa shape index (κ1) is 18.3. The first-order valence-electron chi connectivity index (χ1n) is 8.00. The quantitative estimate of drug-likeness (QED) is 0.604. The van der Waals surface area contributed by atoms with Crippen molar-refractivity contribution in [2.24, 2.45) is 0 Å². The van der Waals surface area contributed by atoms with Gasteiger partial charge in [0.15, 0.2) is 0 Å². The van der Waals surface area contributed by atoms with Crippen molar-refractivity contribution in [1.82, 2.24) is 0 Å². The summed E-state index contributed by atoms with van der Waals surface area (Å²) in [6.45, 7) is 11.6. The van der Waals surface area contributed by atoms with Crippen molar-refractivity contribution >= 4 is 0 Å². The van der Waals surface area contributed by atoms with Crippen LogP contribution >= 0.6 is 0 Å². The van der Waals surface area contributed by atoms with Crippen LogP contribution in [0.1, 0.15) is 49.4 Å². The van der Waals surface area contributed by atoms with Crippen LogP contribution in [0.3, 0.4) is 0 Å². The topological polar surface area (TPSA) is 0 Å². The molecule has 2 heteroatoms. The van der Waals surface area contributed by atoms with Crippen LogP contribution in [0.4, 0.5) is 8.78 Å². The van der Waals surface area contributed by atoms with E-state index in [4.69, 9.17) is 0 Å². The van der Waals surface area contributed by atoms with E-state index in [2.05, 4.69) is 0 Å². The van der Waals surface area contributed by atoms with Crippen LogP contribution in [0.15, 0.2) is 24.3 Å². The standard InChI is InChI=1S/C18H20F2.C2H6/c1-5-6-14-10-15(7-13(4)18(14)20)17-11(2)8-16(19)9-12(17)3;1-2/h7-10H,5-6H2,1-4H3;1-2H3. The zero-order chi connectivity index (χ0) is 16.9. The summed E-state index contributed by atoms with van der Waals surface area (Å²) in [7, 11) is 0. The summed E-state index contributed by atoms with van der Waals surface area (Å²) in [6, 6.07) is 6.81. The maximum Gasteiger partial charge on any atom is 0.129 e. The van der Waals surface area contributed by atoms with Gasteiger partial charge in [0.25, 0.3) is 0 Å². The normalized spacial score (nSPS) is 10.2. The van der Waals surface area contributed by atoms with Crippen LogP contribution in [0.25, 0.3) is 11.1 Å². The molecule has 0 aliphatic heterocycles. The molecule has 0 aromatic heterocycles. The molecule has 0 saturated heterocycles. The summed E-state index contributed by atoms with van der Waals surface area (Å²) in [6.07, 6.45) is 1.63. The van der Waals surface area contributed by atoms with Crippen molar-refractivity contribution in [3.05, 3.63) is 58.2 Å². The Balaban J connectivity index is 0.00000116. The molecule has 0 amide bonds. The second kappa shape index (κ2) is 8.07. The molecule has 0 saturated carbocycles. The van der Waals surface area contributed by atoms with Crippen molar-refractivity contribution in [2.75, 3.05) is 0 Å². The molecule has 0 spiro atoms. The van der Waals surface area contributed by atoms with Gasteiger partial charge in [-0.25, -0.2) is 8.78 Å². The lowest BCUT2D eigenvalue weighted by atomic mass is 9.92. The minimum atomic E-state index is -0.226. The van der Waals surface area contributed by atoms with Gasteiger partial charge in [0.2, 0.25) is 0 Å². The number of halogens is 2. The van der Waals surface area contributed by atoms with Gasteiger partial charge in [-0.3, -0.25) is 0 Å². The highest BCUT2D eigenvalue weighted by Crippen LogP contribution is 2.31. The molecular formula is C20H26F2. The molecule has 0 N–H and O–H groups in total. The average molecular weight is 304 g/mol. The van der Waals surface area contributed by atoms with Gasteiger partial charge >= 0.3 is 0 Å². The Kier molecular flexibility index (Phi) is 6.73. The smallest absolute Gasteiger partial charge is 0.129 e. The summed E-state index contributed by atoms with van der Waals surface area (Å²) >= 11 is 0. The SMILES string of the molecule is CC.CCCc1cc(-c2c(C)cc(F)cc2C)cc(C)c1F. The van der Waals surface area contributed by atoms with E-state index in [-0.39, 0.29) is 11.6 Å². The summed E-state index contributed by atoms with van der Waals surface area (Å²) < 4.78 is 27.5. The van der Waals surface area contributed by atoms with Crippen molar-refractivity contribution in [3.63, 3.8) is 0 Å². The van der Waals surface area contributed by atoms with E-state index in [1.807, 2.05) is 46.8 Å². The van der Waals surface area contributed by atoms with Crippen LogP contribution in [-0.2, 0) is 6.42 Å². The fourth-order valence-electron chi connectivity index (χ4n) is 2.80. The third-order valence-corrected chi connectivity index (χ3v) is 3.64. The van der Waals surface area contributed by atoms with Crippen molar-refractivity contribution < 1.29 is 8.78 Å². The average Bonchev–Trinajstić information content (AvgIpc) is 2.45. The van der Waals surface area contributed by atoms with Crippen LogP contribution in [-0.4, -0.2) is 0 Å². The van der Waals surface area contributed by atoms with E-state index < -0.39 is 0 Å². The van der Waals surface area contributed by atoms with E-state index in [1.54, 1.807) is 6.92 Å². The van der Waals surface area contributed by atoms with E-state index in [1.165, 1.54) is 12.1 Å². The fraction of sp³-hybridized carbons (Fsp3) is 0.400. The van der Waals surface area contributed by atoms with Crippen LogP contribution in [0.5, 0.6) is 0 Å². The lowest BCUT2D eigenvalue weighted by molar-refractivity contribution is 0.598. The first-order valence-corrected chi connectivity index (χ1v) is 8.00. The first-order chi connectivity index (χ1) is 10.4. The zero-order valence-corrected chi connectivity index (χ0v) is 14.5. The van der Waals surface area contributed by atoms with Gasteiger partial charge in [-0.2, -0.15) is 0 Å². The number of aryl methyl sites for hydroxylation is 4. The van der Waals surface area contributed by atoms with Crippen molar-refractivity contribution in [3.8, 4) is 11.1 Å². The molecule has 0 radical (unpaired) electrons. The van der Waals surface area contributed by atoms with Crippen molar-refractivity contribution in [1.29, 1.82) is 0 Å². The molecule has 0 fully saturated rings. The van der Waals surface area contributed by atoms with Gasteiger partial charge in [0.05, 0.1) is 0 Å². The maximum atomic E-state index is 14.1. The second-order valence-electron chi connectivity index (χ2n) is 5.43. The second-order valence-corrected chi connectivity index (χ2v) is 5.43. The van der Waals surface area contributed by atoms with E-state index in [0.29, 0.717) is 5.56 Å². The summed E-state index contributed by atoms with van der Waals surface area (Å²) in [4.78, 5) is 0. The van der Waals surface area contributed by atoms with Gasteiger partial charge in [-0.1, -0.05) is 27.2 Å². The fourth-order valence-corrected chi connectivity index (χ4v) is 2.80. The monoisotopic (exact) mass is 304 g/mol. The molecule has 0 bridgehead atoms. The van der Waals surface area contributed by atoms with Gasteiger partial charge < -0.3 is 0 Å². The summed E-state index contributed by atoms with van der Waals surface area (Å²) in [5.74, 6) is -0.343. The van der Waals surface area contributed by atoms with Crippen LogP contribution in [0, 0.1) is 32.4 Å². The third kappa shape index (κ3) is 3.94. The molecular weight excluding hydrogens is 278 g/mol. The number of hydrogen-bond donors (Lipinski definition) is 0. The number of rotatable bonds is 3. The molecule has 2 aromatic rings. The molecule has 120 valence electrons. The van der Waals surface area contributed by atoms with Crippen molar-refractivity contribution in [2.45, 2.75) is 54.4 Å². The predicted octanol–water partition coefficient (Wildman–Crippen LogP) is 6.54. The molecule has 0 atom stereocenters. The molecule has 22 heavy (non-hydrogen) atoms. The Hall–Kier alpha value is -1.70. The number of hydrogen-bond acceptors (Lipinski definition) is 0. The third-order valence-electron chi connectivity index (χ3n) is 3.64. The minimum absolute atomic E-state index is 0.118. The highest BCUT2D eigenvalue weighted by atomic mass is 19.1. The van der Waals surface area contributed by atoms with Gasteiger partial charge in [0.1, 0.15) is 11.6 Å². The maximum absolute atomic E-state index is 14.1. The minimum Gasteiger partial charge on any atom is -0.207 e. The Labute approximate surface area is 133 Å². The summed E-state index contributed by atoms with van der Waals surface area (Å²) in [5, 5.41) is 0. The molecule has 2 rings (SSSR count). The van der Waals surface area contributed by atoms with E-state index in [9.17, 15) is 8.78 Å². The van der Waals surface area contributed by atoms with E-state index in [0.717, 1.165) is 40.7 Å². The zero-order valence-electron chi connectivity index (χ0n) is 14.5. The Morgan fingerprint density at radius 3 is 1.86 bits per heavy atom.